The van der Waals surface area contributed by atoms with Crippen molar-refractivity contribution in [3.8, 4) is 0 Å². The van der Waals surface area contributed by atoms with Crippen LogP contribution < -0.4 is 10.2 Å². The molecule has 0 saturated carbocycles. The van der Waals surface area contributed by atoms with Gasteiger partial charge in [0.1, 0.15) is 18.4 Å². The molecule has 0 radical (unpaired) electrons. The Morgan fingerprint density at radius 3 is 2.76 bits per heavy atom. The van der Waals surface area contributed by atoms with Gasteiger partial charge in [0.2, 0.25) is 11.8 Å². The Balaban J connectivity index is 2.34. The Morgan fingerprint density at radius 2 is 2.12 bits per heavy atom. The number of carbonyl (C=O) groups is 2. The lowest BCUT2D eigenvalue weighted by atomic mass is 10.1. The summed E-state index contributed by atoms with van der Waals surface area (Å²) in [6.07, 6.45) is 0.496. The maximum absolute atomic E-state index is 13.6. The van der Waals surface area contributed by atoms with E-state index in [0.717, 1.165) is 0 Å². The molecule has 0 spiro atoms. The highest BCUT2D eigenvalue weighted by atomic mass is 19.1. The summed E-state index contributed by atoms with van der Waals surface area (Å²) >= 11 is 0. The molecule has 1 aliphatic heterocycles. The van der Waals surface area contributed by atoms with Crippen LogP contribution in [-0.2, 0) is 9.59 Å². The van der Waals surface area contributed by atoms with Crippen LogP contribution in [0.3, 0.4) is 0 Å². The van der Waals surface area contributed by atoms with E-state index in [9.17, 15) is 14.0 Å². The first-order valence-electron chi connectivity index (χ1n) is 5.48. The molecule has 2 amide bonds. The van der Waals surface area contributed by atoms with Crippen molar-refractivity contribution in [1.82, 2.24) is 5.32 Å². The minimum Gasteiger partial charge on any atom is -0.343 e. The minimum atomic E-state index is -0.559. The molecule has 1 aliphatic rings. The number of nitrogens with zero attached hydrogens (tertiary/aromatic N) is 1. The number of anilines is 1. The van der Waals surface area contributed by atoms with Crippen LogP contribution in [0.5, 0.6) is 0 Å². The van der Waals surface area contributed by atoms with Gasteiger partial charge in [0.15, 0.2) is 0 Å². The van der Waals surface area contributed by atoms with Crippen LogP contribution in [0.25, 0.3) is 0 Å². The first kappa shape index (κ1) is 11.6. The molecule has 1 atom stereocenters. The summed E-state index contributed by atoms with van der Waals surface area (Å²) in [6.45, 7) is 1.67. The minimum absolute atomic E-state index is 0.129. The van der Waals surface area contributed by atoms with Gasteiger partial charge in [-0.2, -0.15) is 0 Å². The number of halogens is 1. The number of nitrogens with one attached hydrogen (secondary N) is 1. The number of benzene rings is 1. The Hall–Kier alpha value is -1.91. The van der Waals surface area contributed by atoms with Crippen LogP contribution in [0.4, 0.5) is 10.1 Å². The van der Waals surface area contributed by atoms with Crippen molar-refractivity contribution >= 4 is 17.5 Å². The summed E-state index contributed by atoms with van der Waals surface area (Å²) in [7, 11) is 0. The Morgan fingerprint density at radius 1 is 1.41 bits per heavy atom. The fourth-order valence-corrected chi connectivity index (χ4v) is 1.86. The Labute approximate surface area is 98.4 Å². The van der Waals surface area contributed by atoms with Crippen LogP contribution >= 0.6 is 0 Å². The molecular formula is C12H13FN2O2. The molecule has 0 bridgehead atoms. The van der Waals surface area contributed by atoms with E-state index in [0.29, 0.717) is 6.42 Å². The molecule has 1 saturated heterocycles. The van der Waals surface area contributed by atoms with Gasteiger partial charge in [-0.1, -0.05) is 19.1 Å². The van der Waals surface area contributed by atoms with Gasteiger partial charge in [-0.25, -0.2) is 4.39 Å². The summed E-state index contributed by atoms with van der Waals surface area (Å²) in [4.78, 5) is 24.6. The monoisotopic (exact) mass is 236 g/mol. The zero-order chi connectivity index (χ0) is 12.4. The lowest BCUT2D eigenvalue weighted by molar-refractivity contribution is -0.131. The second-order valence-electron chi connectivity index (χ2n) is 3.90. The van der Waals surface area contributed by atoms with Gasteiger partial charge in [0.25, 0.3) is 0 Å². The average Bonchev–Trinajstić information content (AvgIpc) is 2.32. The topological polar surface area (TPSA) is 49.4 Å². The number of carbonyl (C=O) groups excluding carboxylic acids is 2. The highest BCUT2D eigenvalue weighted by molar-refractivity contribution is 6.06. The van der Waals surface area contributed by atoms with Gasteiger partial charge in [0.05, 0.1) is 5.69 Å². The van der Waals surface area contributed by atoms with E-state index >= 15 is 0 Å². The van der Waals surface area contributed by atoms with E-state index in [-0.39, 0.29) is 24.0 Å². The third kappa shape index (κ3) is 2.13. The van der Waals surface area contributed by atoms with Gasteiger partial charge >= 0.3 is 0 Å². The molecular weight excluding hydrogens is 223 g/mol. The van der Waals surface area contributed by atoms with Crippen molar-refractivity contribution < 1.29 is 14.0 Å². The van der Waals surface area contributed by atoms with E-state index in [2.05, 4.69) is 5.32 Å². The maximum atomic E-state index is 13.6. The standard InChI is InChI=1S/C12H13FN2O2/c1-2-9-12(17)15(7-11(16)14-9)10-6-4-3-5-8(10)13/h3-6,9H,2,7H2,1H3,(H,14,16). The van der Waals surface area contributed by atoms with Crippen LogP contribution in [0.2, 0.25) is 0 Å². The molecule has 2 rings (SSSR count). The molecule has 1 unspecified atom stereocenters. The van der Waals surface area contributed by atoms with Crippen molar-refractivity contribution in [2.45, 2.75) is 19.4 Å². The van der Waals surface area contributed by atoms with Crippen molar-refractivity contribution in [1.29, 1.82) is 0 Å². The molecule has 0 aromatic heterocycles. The van der Waals surface area contributed by atoms with E-state index in [1.165, 1.54) is 17.0 Å². The Bertz CT molecular complexity index is 462. The number of para-hydroxylation sites is 1. The van der Waals surface area contributed by atoms with Crippen LogP contribution in [0.1, 0.15) is 13.3 Å². The highest BCUT2D eigenvalue weighted by Crippen LogP contribution is 2.21. The average molecular weight is 236 g/mol. The molecule has 90 valence electrons. The van der Waals surface area contributed by atoms with Gasteiger partial charge in [-0.15, -0.1) is 0 Å². The molecule has 4 nitrogen and oxygen atoms in total. The zero-order valence-corrected chi connectivity index (χ0v) is 9.44. The van der Waals surface area contributed by atoms with Crippen LogP contribution in [0, 0.1) is 5.82 Å². The lowest BCUT2D eigenvalue weighted by Crippen LogP contribution is -2.58. The first-order valence-corrected chi connectivity index (χ1v) is 5.48. The predicted octanol–water partition coefficient (Wildman–Crippen LogP) is 1.07. The number of amides is 2. The van der Waals surface area contributed by atoms with E-state index in [1.54, 1.807) is 19.1 Å². The fraction of sp³-hybridized carbons (Fsp3) is 0.333. The summed E-state index contributed by atoms with van der Waals surface area (Å²) in [5.41, 5.74) is 0.158. The van der Waals surface area contributed by atoms with Crippen molar-refractivity contribution in [3.63, 3.8) is 0 Å². The normalized spacial score (nSPS) is 20.4. The maximum Gasteiger partial charge on any atom is 0.250 e. The molecule has 1 N–H and O–H groups in total. The summed E-state index contributed by atoms with van der Waals surface area (Å²) in [6, 6.07) is 5.40. The molecule has 1 aromatic rings. The molecule has 0 aliphatic carbocycles. The predicted molar refractivity (Wildman–Crippen MR) is 61.0 cm³/mol. The second kappa shape index (κ2) is 4.53. The van der Waals surface area contributed by atoms with E-state index < -0.39 is 11.9 Å². The van der Waals surface area contributed by atoms with Gasteiger partial charge in [-0.3, -0.25) is 14.5 Å². The highest BCUT2D eigenvalue weighted by Gasteiger charge is 2.33. The largest absolute Gasteiger partial charge is 0.343 e. The van der Waals surface area contributed by atoms with Crippen LogP contribution in [-0.4, -0.2) is 24.4 Å². The number of hydrogen-bond donors (Lipinski definition) is 1. The molecule has 1 fully saturated rings. The van der Waals surface area contributed by atoms with Crippen LogP contribution in [0.15, 0.2) is 24.3 Å². The molecule has 17 heavy (non-hydrogen) atoms. The van der Waals surface area contributed by atoms with Gasteiger partial charge in [-0.05, 0) is 18.6 Å². The molecule has 1 aromatic carbocycles. The second-order valence-corrected chi connectivity index (χ2v) is 3.90. The SMILES string of the molecule is CCC1NC(=O)CN(c2ccccc2F)C1=O. The lowest BCUT2D eigenvalue weighted by Gasteiger charge is -2.32. The van der Waals surface area contributed by atoms with Crippen molar-refractivity contribution in [3.05, 3.63) is 30.1 Å². The third-order valence-corrected chi connectivity index (χ3v) is 2.75. The number of piperazine rings is 1. The van der Waals surface area contributed by atoms with Gasteiger partial charge in [0, 0.05) is 0 Å². The Kier molecular flexibility index (Phi) is 3.08. The zero-order valence-electron chi connectivity index (χ0n) is 9.44. The van der Waals surface area contributed by atoms with Crippen molar-refractivity contribution in [2.75, 3.05) is 11.4 Å². The van der Waals surface area contributed by atoms with Gasteiger partial charge < -0.3 is 5.32 Å². The van der Waals surface area contributed by atoms with E-state index in [4.69, 9.17) is 0 Å². The smallest absolute Gasteiger partial charge is 0.250 e. The fourth-order valence-electron chi connectivity index (χ4n) is 1.86. The summed E-state index contributed by atoms with van der Waals surface area (Å²) < 4.78 is 13.6. The summed E-state index contributed by atoms with van der Waals surface area (Å²) in [5, 5.41) is 2.58. The quantitative estimate of drug-likeness (QED) is 0.835. The first-order chi connectivity index (χ1) is 8.13. The molecule has 5 heteroatoms. The molecule has 1 heterocycles. The van der Waals surface area contributed by atoms with E-state index in [1.807, 2.05) is 0 Å². The van der Waals surface area contributed by atoms with Crippen molar-refractivity contribution in [2.24, 2.45) is 0 Å². The third-order valence-electron chi connectivity index (χ3n) is 2.75. The number of rotatable bonds is 2. The summed E-state index contributed by atoms with van der Waals surface area (Å²) in [5.74, 6) is -1.03. The number of hydrogen-bond acceptors (Lipinski definition) is 2.